The zero-order valence-electron chi connectivity index (χ0n) is 10.4. The van der Waals surface area contributed by atoms with Crippen LogP contribution in [0.3, 0.4) is 0 Å². The number of benzene rings is 2. The van der Waals surface area contributed by atoms with Gasteiger partial charge >= 0.3 is 0 Å². The predicted molar refractivity (Wildman–Crippen MR) is 76.9 cm³/mol. The van der Waals surface area contributed by atoms with Gasteiger partial charge in [-0.1, -0.05) is 24.3 Å². The van der Waals surface area contributed by atoms with Crippen LogP contribution in [0, 0.1) is 0 Å². The number of hydrogen-bond donors (Lipinski definition) is 1. The first kappa shape index (κ1) is 13.0. The third-order valence-electron chi connectivity index (χ3n) is 2.79. The van der Waals surface area contributed by atoms with Crippen LogP contribution in [0.25, 0.3) is 0 Å². The molecule has 2 aromatic carbocycles. The fourth-order valence-corrected chi connectivity index (χ4v) is 2.66. The Balaban J connectivity index is 2.02. The minimum absolute atomic E-state index is 0.597. The molecule has 3 heteroatoms. The van der Waals surface area contributed by atoms with Crippen LogP contribution in [0.4, 0.5) is 0 Å². The van der Waals surface area contributed by atoms with Gasteiger partial charge in [0.15, 0.2) is 0 Å². The van der Waals surface area contributed by atoms with Crippen LogP contribution >= 0.6 is 11.8 Å². The molecule has 94 valence electrons. The standard InChI is InChI=1S/C15H17NOS/c1-17-14-6-8-15(9-7-14)18-11-13-5-3-2-4-12(13)10-16/h2-9H,10-11,16H2,1H3. The molecule has 0 amide bonds. The quantitative estimate of drug-likeness (QED) is 0.835. The third kappa shape index (κ3) is 3.28. The summed E-state index contributed by atoms with van der Waals surface area (Å²) in [5.74, 6) is 1.83. The fraction of sp³-hybridized carbons (Fsp3) is 0.200. The van der Waals surface area contributed by atoms with Crippen LogP contribution in [-0.2, 0) is 12.3 Å². The number of nitrogens with two attached hydrogens (primary N) is 1. The lowest BCUT2D eigenvalue weighted by atomic mass is 10.1. The topological polar surface area (TPSA) is 35.2 Å². The lowest BCUT2D eigenvalue weighted by Gasteiger charge is -2.07. The first-order chi connectivity index (χ1) is 8.83. The van der Waals surface area contributed by atoms with Gasteiger partial charge in [-0.15, -0.1) is 11.8 Å². The molecule has 0 aromatic heterocycles. The van der Waals surface area contributed by atoms with E-state index in [-0.39, 0.29) is 0 Å². The van der Waals surface area contributed by atoms with Crippen molar-refractivity contribution in [2.45, 2.75) is 17.2 Å². The van der Waals surface area contributed by atoms with E-state index >= 15 is 0 Å². The van der Waals surface area contributed by atoms with Gasteiger partial charge in [0.25, 0.3) is 0 Å². The number of thioether (sulfide) groups is 1. The van der Waals surface area contributed by atoms with E-state index in [1.807, 2.05) is 30.0 Å². The summed E-state index contributed by atoms with van der Waals surface area (Å²) in [4.78, 5) is 1.24. The maximum Gasteiger partial charge on any atom is 0.118 e. The molecule has 0 atom stereocenters. The highest BCUT2D eigenvalue weighted by Crippen LogP contribution is 2.26. The summed E-state index contributed by atoms with van der Waals surface area (Å²) in [6, 6.07) is 16.4. The summed E-state index contributed by atoms with van der Waals surface area (Å²) >= 11 is 1.81. The van der Waals surface area contributed by atoms with E-state index in [0.29, 0.717) is 6.54 Å². The second-order valence-electron chi connectivity index (χ2n) is 3.94. The first-order valence-corrected chi connectivity index (χ1v) is 6.85. The van der Waals surface area contributed by atoms with E-state index in [1.165, 1.54) is 16.0 Å². The van der Waals surface area contributed by atoms with Crippen LogP contribution in [0.15, 0.2) is 53.4 Å². The molecule has 2 nitrogen and oxygen atoms in total. The van der Waals surface area contributed by atoms with Crippen molar-refractivity contribution < 1.29 is 4.74 Å². The maximum absolute atomic E-state index is 5.73. The van der Waals surface area contributed by atoms with Crippen molar-refractivity contribution >= 4 is 11.8 Å². The van der Waals surface area contributed by atoms with E-state index in [1.54, 1.807) is 7.11 Å². The average Bonchev–Trinajstić information content (AvgIpc) is 2.46. The van der Waals surface area contributed by atoms with Crippen LogP contribution in [0.2, 0.25) is 0 Å². The van der Waals surface area contributed by atoms with Gasteiger partial charge in [0, 0.05) is 17.2 Å². The zero-order chi connectivity index (χ0) is 12.8. The largest absolute Gasteiger partial charge is 0.497 e. The van der Waals surface area contributed by atoms with Gasteiger partial charge in [0.2, 0.25) is 0 Å². The SMILES string of the molecule is COc1ccc(SCc2ccccc2CN)cc1. The van der Waals surface area contributed by atoms with Crippen LogP contribution in [0.5, 0.6) is 5.75 Å². The van der Waals surface area contributed by atoms with Crippen molar-refractivity contribution in [1.29, 1.82) is 0 Å². The Labute approximate surface area is 112 Å². The zero-order valence-corrected chi connectivity index (χ0v) is 11.2. The molecule has 0 bridgehead atoms. The van der Waals surface area contributed by atoms with Gasteiger partial charge in [-0.3, -0.25) is 0 Å². The second-order valence-corrected chi connectivity index (χ2v) is 4.99. The van der Waals surface area contributed by atoms with Gasteiger partial charge in [-0.05, 0) is 35.4 Å². The summed E-state index contributed by atoms with van der Waals surface area (Å²) in [7, 11) is 1.68. The number of methoxy groups -OCH3 is 1. The highest BCUT2D eigenvalue weighted by atomic mass is 32.2. The molecule has 0 radical (unpaired) electrons. The average molecular weight is 259 g/mol. The summed E-state index contributed by atoms with van der Waals surface area (Å²) < 4.78 is 5.14. The van der Waals surface area contributed by atoms with E-state index in [9.17, 15) is 0 Å². The Hall–Kier alpha value is -1.45. The van der Waals surface area contributed by atoms with Crippen molar-refractivity contribution in [1.82, 2.24) is 0 Å². The molecule has 0 aliphatic heterocycles. The Morgan fingerprint density at radius 1 is 1.00 bits per heavy atom. The van der Waals surface area contributed by atoms with Crippen molar-refractivity contribution in [3.05, 3.63) is 59.7 Å². The monoisotopic (exact) mass is 259 g/mol. The molecule has 18 heavy (non-hydrogen) atoms. The molecule has 0 fully saturated rings. The number of hydrogen-bond acceptors (Lipinski definition) is 3. The summed E-state index contributed by atoms with van der Waals surface area (Å²) in [6.45, 7) is 0.597. The second kappa shape index (κ2) is 6.47. The van der Waals surface area contributed by atoms with Crippen molar-refractivity contribution in [3.63, 3.8) is 0 Å². The lowest BCUT2D eigenvalue weighted by Crippen LogP contribution is -2.00. The minimum Gasteiger partial charge on any atom is -0.497 e. The summed E-state index contributed by atoms with van der Waals surface area (Å²) in [5.41, 5.74) is 8.26. The fourth-order valence-electron chi connectivity index (χ4n) is 1.73. The van der Waals surface area contributed by atoms with Gasteiger partial charge < -0.3 is 10.5 Å². The Morgan fingerprint density at radius 2 is 1.67 bits per heavy atom. The molecule has 0 heterocycles. The molecule has 2 rings (SSSR count). The molecule has 0 aliphatic rings. The van der Waals surface area contributed by atoms with Crippen molar-refractivity contribution in [3.8, 4) is 5.75 Å². The maximum atomic E-state index is 5.73. The number of ether oxygens (including phenoxy) is 1. The number of rotatable bonds is 5. The normalized spacial score (nSPS) is 10.3. The van der Waals surface area contributed by atoms with Gasteiger partial charge in [0.1, 0.15) is 5.75 Å². The highest BCUT2D eigenvalue weighted by molar-refractivity contribution is 7.98. The van der Waals surface area contributed by atoms with Crippen LogP contribution < -0.4 is 10.5 Å². The van der Waals surface area contributed by atoms with E-state index < -0.39 is 0 Å². The molecular formula is C15H17NOS. The molecule has 0 spiro atoms. The summed E-state index contributed by atoms with van der Waals surface area (Å²) in [5, 5.41) is 0. The smallest absolute Gasteiger partial charge is 0.118 e. The van der Waals surface area contributed by atoms with E-state index in [4.69, 9.17) is 10.5 Å². The molecule has 2 N–H and O–H groups in total. The lowest BCUT2D eigenvalue weighted by molar-refractivity contribution is 0.414. The van der Waals surface area contributed by atoms with E-state index in [2.05, 4.69) is 30.3 Å². The molecule has 0 aliphatic carbocycles. The Kier molecular flexibility index (Phi) is 4.67. The van der Waals surface area contributed by atoms with Gasteiger partial charge in [-0.2, -0.15) is 0 Å². The van der Waals surface area contributed by atoms with Crippen molar-refractivity contribution in [2.24, 2.45) is 5.73 Å². The van der Waals surface area contributed by atoms with Crippen molar-refractivity contribution in [2.75, 3.05) is 7.11 Å². The van der Waals surface area contributed by atoms with Crippen LogP contribution in [0.1, 0.15) is 11.1 Å². The Bertz CT molecular complexity index is 496. The molecule has 0 unspecified atom stereocenters. The minimum atomic E-state index is 0.597. The Morgan fingerprint density at radius 3 is 2.28 bits per heavy atom. The van der Waals surface area contributed by atoms with E-state index in [0.717, 1.165) is 11.5 Å². The van der Waals surface area contributed by atoms with Gasteiger partial charge in [0.05, 0.1) is 7.11 Å². The van der Waals surface area contributed by atoms with Gasteiger partial charge in [-0.25, -0.2) is 0 Å². The molecule has 0 saturated carbocycles. The molecule has 0 saturated heterocycles. The highest BCUT2D eigenvalue weighted by Gasteiger charge is 2.01. The first-order valence-electron chi connectivity index (χ1n) is 5.87. The van der Waals surface area contributed by atoms with Crippen LogP contribution in [-0.4, -0.2) is 7.11 Å². The molecule has 2 aromatic rings. The predicted octanol–water partition coefficient (Wildman–Crippen LogP) is 3.45. The third-order valence-corrected chi connectivity index (χ3v) is 3.85. The summed E-state index contributed by atoms with van der Waals surface area (Å²) in [6.07, 6.45) is 0. The molecular weight excluding hydrogens is 242 g/mol.